The van der Waals surface area contributed by atoms with Gasteiger partial charge in [-0.15, -0.1) is 0 Å². The van der Waals surface area contributed by atoms with Crippen molar-refractivity contribution >= 4 is 41.0 Å². The number of carbonyl (C=O) groups is 2. The number of fused-ring (bicyclic) bond motifs is 1. The molecule has 22 heavy (non-hydrogen) atoms. The molecule has 0 heterocycles. The van der Waals surface area contributed by atoms with Crippen LogP contribution < -0.4 is 0 Å². The smallest absolute Gasteiger partial charge is 0.179 e. The normalized spacial score (nSPS) is 14.8. The van der Waals surface area contributed by atoms with E-state index >= 15 is 0 Å². The van der Waals surface area contributed by atoms with E-state index in [0.717, 1.165) is 5.56 Å². The SMILES string of the molecule is O=C1c2ccccc2C(=O)C1C=NCc1ccc(Cl)c(Cl)c1. The summed E-state index contributed by atoms with van der Waals surface area (Å²) in [6, 6.07) is 12.0. The summed E-state index contributed by atoms with van der Waals surface area (Å²) in [7, 11) is 0. The van der Waals surface area contributed by atoms with Crippen LogP contribution in [0.1, 0.15) is 26.3 Å². The number of benzene rings is 2. The Morgan fingerprint density at radius 2 is 1.59 bits per heavy atom. The van der Waals surface area contributed by atoms with Crippen LogP contribution in [0.4, 0.5) is 0 Å². The van der Waals surface area contributed by atoms with Crippen molar-refractivity contribution in [2.75, 3.05) is 0 Å². The third kappa shape index (κ3) is 2.70. The van der Waals surface area contributed by atoms with Crippen LogP contribution in [0.5, 0.6) is 0 Å². The molecule has 1 aliphatic carbocycles. The molecule has 0 atom stereocenters. The summed E-state index contributed by atoms with van der Waals surface area (Å²) in [5.41, 5.74) is 1.80. The predicted octanol–water partition coefficient (Wildman–Crippen LogP) is 4.26. The first-order chi connectivity index (χ1) is 10.6. The quantitative estimate of drug-likeness (QED) is 0.623. The van der Waals surface area contributed by atoms with E-state index in [1.54, 1.807) is 42.5 Å². The molecule has 2 aromatic carbocycles. The highest BCUT2D eigenvalue weighted by Gasteiger charge is 2.36. The minimum absolute atomic E-state index is 0.196. The molecular formula is C17H11Cl2NO2. The zero-order chi connectivity index (χ0) is 15.7. The fourth-order valence-electron chi connectivity index (χ4n) is 2.40. The first kappa shape index (κ1) is 14.9. The van der Waals surface area contributed by atoms with E-state index in [1.165, 1.54) is 6.21 Å². The van der Waals surface area contributed by atoms with Gasteiger partial charge in [0.15, 0.2) is 11.6 Å². The number of carbonyl (C=O) groups excluding carboxylic acids is 2. The van der Waals surface area contributed by atoms with Gasteiger partial charge in [0, 0.05) is 17.3 Å². The monoisotopic (exact) mass is 331 g/mol. The lowest BCUT2D eigenvalue weighted by molar-refractivity contribution is 0.0886. The van der Waals surface area contributed by atoms with Crippen LogP contribution in [-0.4, -0.2) is 17.8 Å². The van der Waals surface area contributed by atoms with Gasteiger partial charge in [-0.25, -0.2) is 0 Å². The molecule has 0 N–H and O–H groups in total. The zero-order valence-electron chi connectivity index (χ0n) is 11.4. The summed E-state index contributed by atoms with van der Waals surface area (Å²) in [5, 5.41) is 0.931. The second-order valence-electron chi connectivity index (χ2n) is 4.99. The van der Waals surface area contributed by atoms with Crippen molar-refractivity contribution in [1.29, 1.82) is 0 Å². The van der Waals surface area contributed by atoms with Crippen LogP contribution in [0.15, 0.2) is 47.5 Å². The fraction of sp³-hybridized carbons (Fsp3) is 0.118. The molecular weight excluding hydrogens is 321 g/mol. The number of hydrogen-bond donors (Lipinski definition) is 0. The molecule has 0 fully saturated rings. The largest absolute Gasteiger partial charge is 0.293 e. The number of halogens is 2. The van der Waals surface area contributed by atoms with Gasteiger partial charge in [0.05, 0.1) is 16.6 Å². The van der Waals surface area contributed by atoms with Crippen LogP contribution in [0.3, 0.4) is 0 Å². The Kier molecular flexibility index (Phi) is 4.10. The van der Waals surface area contributed by atoms with Crippen LogP contribution in [-0.2, 0) is 6.54 Å². The Bertz CT molecular complexity index is 764. The molecule has 0 amide bonds. The van der Waals surface area contributed by atoms with Crippen LogP contribution >= 0.6 is 23.2 Å². The highest BCUT2D eigenvalue weighted by molar-refractivity contribution is 6.42. The third-order valence-corrected chi connectivity index (χ3v) is 4.27. The van der Waals surface area contributed by atoms with Gasteiger partial charge in [-0.2, -0.15) is 0 Å². The average molecular weight is 332 g/mol. The number of hydrogen-bond acceptors (Lipinski definition) is 3. The number of Topliss-reactive ketones (excluding diaryl/α,β-unsaturated/α-hetero) is 2. The van der Waals surface area contributed by atoms with Gasteiger partial charge in [0.2, 0.25) is 0 Å². The Balaban J connectivity index is 1.75. The van der Waals surface area contributed by atoms with Crippen molar-refractivity contribution in [3.05, 3.63) is 69.2 Å². The highest BCUT2D eigenvalue weighted by Crippen LogP contribution is 2.26. The summed E-state index contributed by atoms with van der Waals surface area (Å²) in [4.78, 5) is 28.6. The molecule has 1 aliphatic rings. The maximum Gasteiger partial charge on any atom is 0.179 e. The summed E-state index contributed by atoms with van der Waals surface area (Å²) in [5.74, 6) is -1.21. The van der Waals surface area contributed by atoms with E-state index in [4.69, 9.17) is 23.2 Å². The number of ketones is 2. The van der Waals surface area contributed by atoms with Crippen molar-refractivity contribution in [2.45, 2.75) is 6.54 Å². The lowest BCUT2D eigenvalue weighted by Crippen LogP contribution is -2.16. The van der Waals surface area contributed by atoms with E-state index < -0.39 is 5.92 Å². The standard InChI is InChI=1S/C17H11Cl2NO2/c18-14-6-5-10(7-15(14)19)8-20-9-13-16(21)11-3-1-2-4-12(11)17(13)22/h1-7,9,13H,8H2. The number of aliphatic imine (C=N–C) groups is 1. The van der Waals surface area contributed by atoms with Crippen LogP contribution in [0, 0.1) is 5.92 Å². The Labute approximate surface area is 137 Å². The number of rotatable bonds is 3. The Morgan fingerprint density at radius 1 is 0.955 bits per heavy atom. The van der Waals surface area contributed by atoms with Gasteiger partial charge in [0.25, 0.3) is 0 Å². The van der Waals surface area contributed by atoms with Crippen molar-refractivity contribution < 1.29 is 9.59 Å². The molecule has 0 unspecified atom stereocenters. The molecule has 0 saturated carbocycles. The van der Waals surface area contributed by atoms with E-state index in [1.807, 2.05) is 0 Å². The van der Waals surface area contributed by atoms with E-state index in [-0.39, 0.29) is 11.6 Å². The van der Waals surface area contributed by atoms with Gasteiger partial charge in [0.1, 0.15) is 5.92 Å². The molecule has 3 nitrogen and oxygen atoms in total. The molecule has 0 aromatic heterocycles. The summed E-state index contributed by atoms with van der Waals surface area (Å²) < 4.78 is 0. The molecule has 0 saturated heterocycles. The highest BCUT2D eigenvalue weighted by atomic mass is 35.5. The summed E-state index contributed by atoms with van der Waals surface area (Å²) in [6.07, 6.45) is 1.42. The first-order valence-corrected chi connectivity index (χ1v) is 7.45. The maximum atomic E-state index is 12.2. The van der Waals surface area contributed by atoms with Crippen LogP contribution in [0.25, 0.3) is 0 Å². The second-order valence-corrected chi connectivity index (χ2v) is 5.80. The van der Waals surface area contributed by atoms with E-state index in [2.05, 4.69) is 4.99 Å². The molecule has 3 rings (SSSR count). The Morgan fingerprint density at radius 3 is 2.18 bits per heavy atom. The van der Waals surface area contributed by atoms with Gasteiger partial charge in [-0.05, 0) is 17.7 Å². The van der Waals surface area contributed by atoms with Gasteiger partial charge in [-0.1, -0.05) is 53.5 Å². The molecule has 5 heteroatoms. The summed E-state index contributed by atoms with van der Waals surface area (Å²) >= 11 is 11.8. The Hall–Kier alpha value is -1.97. The molecule has 110 valence electrons. The molecule has 0 aliphatic heterocycles. The zero-order valence-corrected chi connectivity index (χ0v) is 12.9. The van der Waals surface area contributed by atoms with Gasteiger partial charge in [-0.3, -0.25) is 14.6 Å². The fourth-order valence-corrected chi connectivity index (χ4v) is 2.72. The predicted molar refractivity (Wildman–Crippen MR) is 87.3 cm³/mol. The molecule has 2 aromatic rings. The second kappa shape index (κ2) is 6.03. The van der Waals surface area contributed by atoms with E-state index in [0.29, 0.717) is 27.7 Å². The third-order valence-electron chi connectivity index (χ3n) is 3.54. The lowest BCUT2D eigenvalue weighted by atomic mass is 10.1. The van der Waals surface area contributed by atoms with Crippen LogP contribution in [0.2, 0.25) is 10.0 Å². The number of nitrogens with zero attached hydrogens (tertiary/aromatic N) is 1. The van der Waals surface area contributed by atoms with E-state index in [9.17, 15) is 9.59 Å². The van der Waals surface area contributed by atoms with Crippen molar-refractivity contribution in [3.63, 3.8) is 0 Å². The maximum absolute atomic E-state index is 12.2. The molecule has 0 radical (unpaired) electrons. The van der Waals surface area contributed by atoms with Crippen molar-refractivity contribution in [2.24, 2.45) is 10.9 Å². The molecule has 0 spiro atoms. The minimum Gasteiger partial charge on any atom is -0.293 e. The van der Waals surface area contributed by atoms with Crippen molar-refractivity contribution in [3.8, 4) is 0 Å². The average Bonchev–Trinajstić information content (AvgIpc) is 2.76. The van der Waals surface area contributed by atoms with Gasteiger partial charge < -0.3 is 0 Å². The topological polar surface area (TPSA) is 46.5 Å². The molecule has 0 bridgehead atoms. The lowest BCUT2D eigenvalue weighted by Gasteiger charge is -2.01. The minimum atomic E-state index is -0.819. The first-order valence-electron chi connectivity index (χ1n) is 6.69. The van der Waals surface area contributed by atoms with Gasteiger partial charge >= 0.3 is 0 Å². The van der Waals surface area contributed by atoms with Crippen molar-refractivity contribution in [1.82, 2.24) is 0 Å². The summed E-state index contributed by atoms with van der Waals surface area (Å²) in [6.45, 7) is 0.338.